The van der Waals surface area contributed by atoms with Gasteiger partial charge in [0.05, 0.1) is 0 Å². The lowest BCUT2D eigenvalue weighted by molar-refractivity contribution is 0.0923. The summed E-state index contributed by atoms with van der Waals surface area (Å²) in [4.78, 5) is 11.8. The number of nitrogens with one attached hydrogen (secondary N) is 1. The van der Waals surface area contributed by atoms with Gasteiger partial charge in [0.2, 0.25) is 0 Å². The van der Waals surface area contributed by atoms with Gasteiger partial charge in [-0.25, -0.2) is 0 Å². The van der Waals surface area contributed by atoms with Crippen LogP contribution in [-0.4, -0.2) is 17.6 Å². The number of furan rings is 1. The van der Waals surface area contributed by atoms with Crippen molar-refractivity contribution >= 4 is 17.5 Å². The molecule has 1 aromatic heterocycles. The molecule has 5 heteroatoms. The first kappa shape index (κ1) is 14.2. The van der Waals surface area contributed by atoms with Gasteiger partial charge >= 0.3 is 0 Å². The van der Waals surface area contributed by atoms with Gasteiger partial charge in [-0.2, -0.15) is 0 Å². The third kappa shape index (κ3) is 3.89. The van der Waals surface area contributed by atoms with Crippen molar-refractivity contribution in [2.24, 2.45) is 0 Å². The van der Waals surface area contributed by atoms with E-state index in [0.717, 1.165) is 11.1 Å². The highest BCUT2D eigenvalue weighted by Crippen LogP contribution is 2.13. The van der Waals surface area contributed by atoms with E-state index in [1.54, 1.807) is 0 Å². The minimum atomic E-state index is -0.330. The lowest BCUT2D eigenvalue weighted by Gasteiger charge is -2.04. The van der Waals surface area contributed by atoms with Crippen LogP contribution < -0.4 is 5.32 Å². The Morgan fingerprint density at radius 1 is 1.35 bits per heavy atom. The van der Waals surface area contributed by atoms with Gasteiger partial charge in [0.15, 0.2) is 11.0 Å². The first-order valence-corrected chi connectivity index (χ1v) is 6.29. The molecule has 0 aliphatic carbocycles. The predicted molar refractivity (Wildman–Crippen MR) is 75.3 cm³/mol. The monoisotopic (exact) mass is 289 g/mol. The summed E-state index contributed by atoms with van der Waals surface area (Å²) >= 11 is 5.61. The van der Waals surface area contributed by atoms with Crippen LogP contribution in [0.5, 0.6) is 0 Å². The maximum absolute atomic E-state index is 11.8. The number of carbonyl (C=O) groups excluding carboxylic acids is 1. The van der Waals surface area contributed by atoms with E-state index in [0.29, 0.717) is 6.54 Å². The highest BCUT2D eigenvalue weighted by molar-refractivity contribution is 6.29. The van der Waals surface area contributed by atoms with Gasteiger partial charge in [0.25, 0.3) is 5.91 Å². The van der Waals surface area contributed by atoms with Crippen molar-refractivity contribution in [1.82, 2.24) is 5.32 Å². The van der Waals surface area contributed by atoms with Gasteiger partial charge in [-0.15, -0.1) is 0 Å². The summed E-state index contributed by atoms with van der Waals surface area (Å²) in [6.45, 7) is 0.173. The van der Waals surface area contributed by atoms with Crippen molar-refractivity contribution in [2.75, 3.05) is 6.61 Å². The summed E-state index contributed by atoms with van der Waals surface area (Å²) in [5.41, 5.74) is 1.69. The van der Waals surface area contributed by atoms with E-state index in [1.165, 1.54) is 12.1 Å². The molecule has 0 saturated carbocycles. The van der Waals surface area contributed by atoms with Gasteiger partial charge in [-0.1, -0.05) is 24.0 Å². The Bertz CT molecular complexity index is 667. The van der Waals surface area contributed by atoms with Crippen LogP contribution >= 0.6 is 11.6 Å². The van der Waals surface area contributed by atoms with Crippen LogP contribution in [0.15, 0.2) is 40.8 Å². The molecule has 1 heterocycles. The number of aliphatic hydroxyl groups excluding tert-OH is 1. The van der Waals surface area contributed by atoms with Crippen molar-refractivity contribution in [3.8, 4) is 11.8 Å². The smallest absolute Gasteiger partial charge is 0.287 e. The van der Waals surface area contributed by atoms with Crippen LogP contribution in [0.2, 0.25) is 5.22 Å². The molecular weight excluding hydrogens is 278 g/mol. The van der Waals surface area contributed by atoms with Gasteiger partial charge < -0.3 is 14.8 Å². The Labute approximate surface area is 121 Å². The van der Waals surface area contributed by atoms with E-state index in [4.69, 9.17) is 21.1 Å². The van der Waals surface area contributed by atoms with Crippen LogP contribution in [0, 0.1) is 11.8 Å². The molecule has 0 atom stereocenters. The fourth-order valence-corrected chi connectivity index (χ4v) is 1.75. The second-order valence-electron chi connectivity index (χ2n) is 3.95. The molecule has 0 aliphatic rings. The first-order chi connectivity index (χ1) is 9.69. The van der Waals surface area contributed by atoms with Gasteiger partial charge in [0, 0.05) is 12.1 Å². The number of halogens is 1. The molecule has 0 aliphatic heterocycles. The van der Waals surface area contributed by atoms with E-state index < -0.39 is 0 Å². The first-order valence-electron chi connectivity index (χ1n) is 5.91. The molecule has 2 N–H and O–H groups in total. The van der Waals surface area contributed by atoms with Crippen molar-refractivity contribution in [3.05, 3.63) is 58.5 Å². The average Bonchev–Trinajstić information content (AvgIpc) is 2.90. The molecule has 102 valence electrons. The fourth-order valence-electron chi connectivity index (χ4n) is 1.61. The summed E-state index contributed by atoms with van der Waals surface area (Å²) in [6, 6.07) is 10.4. The van der Waals surface area contributed by atoms with Crippen LogP contribution in [0.1, 0.15) is 21.7 Å². The number of hydrogen-bond acceptors (Lipinski definition) is 3. The number of carbonyl (C=O) groups is 1. The molecule has 0 fully saturated rings. The lowest BCUT2D eigenvalue weighted by Crippen LogP contribution is -2.22. The maximum Gasteiger partial charge on any atom is 0.287 e. The SMILES string of the molecule is O=C(NCc1cccc(C#CCO)c1)c1ccc(Cl)o1. The molecule has 0 saturated heterocycles. The minimum absolute atomic E-state index is 0.172. The molecule has 1 aromatic carbocycles. The second-order valence-corrected chi connectivity index (χ2v) is 4.32. The molecule has 2 aromatic rings. The van der Waals surface area contributed by atoms with Crippen LogP contribution in [-0.2, 0) is 6.54 Å². The van der Waals surface area contributed by atoms with Crippen LogP contribution in [0.4, 0.5) is 0 Å². The lowest BCUT2D eigenvalue weighted by atomic mass is 10.1. The van der Waals surface area contributed by atoms with Crippen LogP contribution in [0.3, 0.4) is 0 Å². The molecule has 0 spiro atoms. The Morgan fingerprint density at radius 3 is 2.90 bits per heavy atom. The number of aliphatic hydroxyl groups is 1. The van der Waals surface area contributed by atoms with Crippen molar-refractivity contribution in [1.29, 1.82) is 0 Å². The Hall–Kier alpha value is -2.22. The molecule has 2 rings (SSSR count). The largest absolute Gasteiger partial charge is 0.440 e. The van der Waals surface area contributed by atoms with Crippen molar-refractivity contribution in [3.63, 3.8) is 0 Å². The second kappa shape index (κ2) is 6.80. The van der Waals surface area contributed by atoms with Crippen molar-refractivity contribution < 1.29 is 14.3 Å². The highest BCUT2D eigenvalue weighted by atomic mass is 35.5. The summed E-state index contributed by atoms with van der Waals surface area (Å²) in [5.74, 6) is 5.23. The third-order valence-electron chi connectivity index (χ3n) is 2.49. The molecule has 0 unspecified atom stereocenters. The van der Waals surface area contributed by atoms with Crippen LogP contribution in [0.25, 0.3) is 0 Å². The van der Waals surface area contributed by atoms with E-state index in [-0.39, 0.29) is 23.5 Å². The Kier molecular flexibility index (Phi) is 4.83. The number of rotatable bonds is 3. The Morgan fingerprint density at radius 2 is 2.20 bits per heavy atom. The molecule has 0 bridgehead atoms. The zero-order valence-electron chi connectivity index (χ0n) is 10.5. The van der Waals surface area contributed by atoms with Crippen molar-refractivity contribution in [2.45, 2.75) is 6.54 Å². The molecule has 4 nitrogen and oxygen atoms in total. The van der Waals surface area contributed by atoms with E-state index in [2.05, 4.69) is 17.2 Å². The van der Waals surface area contributed by atoms with Gasteiger partial charge in [-0.3, -0.25) is 4.79 Å². The standard InChI is InChI=1S/C15H12ClNO3/c16-14-7-6-13(20-14)15(19)17-10-12-4-1-3-11(9-12)5-2-8-18/h1,3-4,6-7,9,18H,8,10H2,(H,17,19). The zero-order chi connectivity index (χ0) is 14.4. The van der Waals surface area contributed by atoms with Gasteiger partial charge in [-0.05, 0) is 41.4 Å². The third-order valence-corrected chi connectivity index (χ3v) is 2.69. The zero-order valence-corrected chi connectivity index (χ0v) is 11.3. The molecule has 1 amide bonds. The normalized spacial score (nSPS) is 9.70. The van der Waals surface area contributed by atoms with Gasteiger partial charge in [0.1, 0.15) is 6.61 Å². The van der Waals surface area contributed by atoms with E-state index >= 15 is 0 Å². The molecule has 20 heavy (non-hydrogen) atoms. The Balaban J connectivity index is 1.98. The highest BCUT2D eigenvalue weighted by Gasteiger charge is 2.09. The number of amides is 1. The topological polar surface area (TPSA) is 62.5 Å². The summed E-state index contributed by atoms with van der Waals surface area (Å²) in [6.07, 6.45) is 0. The quantitative estimate of drug-likeness (QED) is 0.852. The van der Waals surface area contributed by atoms with E-state index in [1.807, 2.05) is 24.3 Å². The van der Waals surface area contributed by atoms with E-state index in [9.17, 15) is 4.79 Å². The number of benzene rings is 1. The summed E-state index contributed by atoms with van der Waals surface area (Å²) in [7, 11) is 0. The summed E-state index contributed by atoms with van der Waals surface area (Å²) < 4.78 is 5.01. The number of hydrogen-bond donors (Lipinski definition) is 2. The molecular formula is C15H12ClNO3. The molecule has 0 radical (unpaired) electrons. The predicted octanol–water partition coefficient (Wildman–Crippen LogP) is 2.21. The minimum Gasteiger partial charge on any atom is -0.440 e. The average molecular weight is 290 g/mol. The fraction of sp³-hybridized carbons (Fsp3) is 0.133. The maximum atomic E-state index is 11.8. The summed E-state index contributed by atoms with van der Waals surface area (Å²) in [5, 5.41) is 11.5.